The number of rotatable bonds is 1. The van der Waals surface area contributed by atoms with Gasteiger partial charge in [0.25, 0.3) is 0 Å². The maximum atomic E-state index is 11.7. The Morgan fingerprint density at radius 3 is 2.72 bits per heavy atom. The van der Waals surface area contributed by atoms with Crippen molar-refractivity contribution in [2.24, 2.45) is 16.7 Å². The standard InChI is InChI=1S/C16H21NO/c1-11(2)13-6-7-15(3,4)14-9-12(18)5-8-16(13,14)10-17/h9,13H,1,5-8H2,2-4H3/t13-,16-/m1/s1. The number of nitrogens with zero attached hydrogens (tertiary/aromatic N) is 1. The maximum absolute atomic E-state index is 11.7. The number of hydrogen-bond donors (Lipinski definition) is 0. The fraction of sp³-hybridized carbons (Fsp3) is 0.625. The van der Waals surface area contributed by atoms with Crippen molar-refractivity contribution >= 4 is 5.78 Å². The lowest BCUT2D eigenvalue weighted by Crippen LogP contribution is -2.45. The van der Waals surface area contributed by atoms with Crippen LogP contribution in [0.1, 0.15) is 46.5 Å². The number of carbonyl (C=O) groups excluding carboxylic acids is 1. The van der Waals surface area contributed by atoms with Gasteiger partial charge in [-0.3, -0.25) is 4.79 Å². The summed E-state index contributed by atoms with van der Waals surface area (Å²) in [5, 5.41) is 9.77. The summed E-state index contributed by atoms with van der Waals surface area (Å²) in [6.07, 6.45) is 4.93. The lowest BCUT2D eigenvalue weighted by atomic mass is 9.51. The number of nitriles is 1. The Morgan fingerprint density at radius 1 is 1.50 bits per heavy atom. The van der Waals surface area contributed by atoms with Crippen LogP contribution >= 0.6 is 0 Å². The first-order valence-electron chi connectivity index (χ1n) is 6.65. The van der Waals surface area contributed by atoms with Gasteiger partial charge in [0.05, 0.1) is 11.5 Å². The van der Waals surface area contributed by atoms with E-state index in [1.54, 1.807) is 6.08 Å². The highest BCUT2D eigenvalue weighted by Crippen LogP contribution is 2.58. The minimum atomic E-state index is -0.485. The van der Waals surface area contributed by atoms with Crippen LogP contribution in [-0.2, 0) is 4.79 Å². The smallest absolute Gasteiger partial charge is 0.155 e. The van der Waals surface area contributed by atoms with Crippen molar-refractivity contribution in [3.63, 3.8) is 0 Å². The van der Waals surface area contributed by atoms with Crippen LogP contribution in [0.15, 0.2) is 23.8 Å². The van der Waals surface area contributed by atoms with Crippen molar-refractivity contribution in [1.82, 2.24) is 0 Å². The van der Waals surface area contributed by atoms with Gasteiger partial charge in [0.1, 0.15) is 0 Å². The van der Waals surface area contributed by atoms with Gasteiger partial charge in [-0.2, -0.15) is 5.26 Å². The van der Waals surface area contributed by atoms with Crippen LogP contribution in [0.4, 0.5) is 0 Å². The van der Waals surface area contributed by atoms with Gasteiger partial charge in [0.15, 0.2) is 5.78 Å². The molecule has 0 aromatic carbocycles. The average molecular weight is 243 g/mol. The molecule has 1 saturated carbocycles. The molecule has 2 rings (SSSR count). The summed E-state index contributed by atoms with van der Waals surface area (Å²) < 4.78 is 0. The molecule has 0 aromatic heterocycles. The number of carbonyl (C=O) groups is 1. The Balaban J connectivity index is 2.60. The molecule has 2 aliphatic carbocycles. The van der Waals surface area contributed by atoms with Crippen molar-refractivity contribution < 1.29 is 4.79 Å². The third-order valence-electron chi connectivity index (χ3n) is 4.73. The van der Waals surface area contributed by atoms with E-state index in [1.165, 1.54) is 0 Å². The Bertz CT molecular complexity index is 478. The van der Waals surface area contributed by atoms with Crippen molar-refractivity contribution in [1.29, 1.82) is 5.26 Å². The molecule has 0 heterocycles. The van der Waals surface area contributed by atoms with Gasteiger partial charge in [0.2, 0.25) is 0 Å². The van der Waals surface area contributed by atoms with E-state index >= 15 is 0 Å². The van der Waals surface area contributed by atoms with Crippen molar-refractivity contribution in [2.45, 2.75) is 46.5 Å². The van der Waals surface area contributed by atoms with E-state index < -0.39 is 5.41 Å². The van der Waals surface area contributed by atoms with Crippen molar-refractivity contribution in [3.8, 4) is 6.07 Å². The van der Waals surface area contributed by atoms with Crippen molar-refractivity contribution in [3.05, 3.63) is 23.8 Å². The topological polar surface area (TPSA) is 40.9 Å². The molecule has 0 spiro atoms. The van der Waals surface area contributed by atoms with Crippen LogP contribution in [0.25, 0.3) is 0 Å². The Hall–Kier alpha value is -1.36. The molecule has 0 saturated heterocycles. The average Bonchev–Trinajstić information content (AvgIpc) is 2.29. The number of hydrogen-bond acceptors (Lipinski definition) is 2. The van der Waals surface area contributed by atoms with Crippen LogP contribution in [0.2, 0.25) is 0 Å². The molecule has 0 radical (unpaired) electrons. The highest BCUT2D eigenvalue weighted by molar-refractivity contribution is 5.92. The third-order valence-corrected chi connectivity index (χ3v) is 4.73. The fourth-order valence-corrected chi connectivity index (χ4v) is 3.73. The van der Waals surface area contributed by atoms with Crippen LogP contribution in [0.5, 0.6) is 0 Å². The molecule has 0 aliphatic heterocycles. The lowest BCUT2D eigenvalue weighted by Gasteiger charge is -2.50. The van der Waals surface area contributed by atoms with Crippen molar-refractivity contribution in [2.75, 3.05) is 0 Å². The van der Waals surface area contributed by atoms with E-state index in [0.717, 1.165) is 24.0 Å². The molecular weight excluding hydrogens is 222 g/mol. The summed E-state index contributed by atoms with van der Waals surface area (Å²) in [5.74, 6) is 0.376. The zero-order valence-corrected chi connectivity index (χ0v) is 11.5. The van der Waals surface area contributed by atoms with Crippen LogP contribution in [0.3, 0.4) is 0 Å². The highest BCUT2D eigenvalue weighted by Gasteiger charge is 2.52. The Kier molecular flexibility index (Phi) is 2.97. The van der Waals surface area contributed by atoms with E-state index in [9.17, 15) is 10.1 Å². The normalized spacial score (nSPS) is 34.2. The maximum Gasteiger partial charge on any atom is 0.155 e. The first-order chi connectivity index (χ1) is 8.33. The molecule has 0 bridgehead atoms. The van der Waals surface area contributed by atoms with E-state index in [0.29, 0.717) is 12.8 Å². The van der Waals surface area contributed by atoms with Gasteiger partial charge in [-0.15, -0.1) is 0 Å². The van der Waals surface area contributed by atoms with E-state index in [1.807, 2.05) is 6.92 Å². The second kappa shape index (κ2) is 4.09. The summed E-state index contributed by atoms with van der Waals surface area (Å²) in [5.41, 5.74) is 1.60. The SMILES string of the molecule is C=C(C)[C@H]1CCC(C)(C)C2=CC(=O)CC[C@]21C#N. The second-order valence-corrected chi connectivity index (χ2v) is 6.43. The summed E-state index contributed by atoms with van der Waals surface area (Å²) in [7, 11) is 0. The van der Waals surface area contributed by atoms with E-state index in [-0.39, 0.29) is 17.1 Å². The number of ketones is 1. The summed E-state index contributed by atoms with van der Waals surface area (Å²) in [4.78, 5) is 11.7. The van der Waals surface area contributed by atoms with Gasteiger partial charge >= 0.3 is 0 Å². The van der Waals surface area contributed by atoms with Crippen LogP contribution in [-0.4, -0.2) is 5.78 Å². The predicted molar refractivity (Wildman–Crippen MR) is 71.7 cm³/mol. The molecule has 1 fully saturated rings. The largest absolute Gasteiger partial charge is 0.295 e. The summed E-state index contributed by atoms with van der Waals surface area (Å²) >= 11 is 0. The Labute approximate surface area is 109 Å². The second-order valence-electron chi connectivity index (χ2n) is 6.43. The Morgan fingerprint density at radius 2 is 2.17 bits per heavy atom. The fourth-order valence-electron chi connectivity index (χ4n) is 3.73. The van der Waals surface area contributed by atoms with Gasteiger partial charge in [-0.05, 0) is 43.3 Å². The number of fused-ring (bicyclic) bond motifs is 1. The number of allylic oxidation sites excluding steroid dienone is 3. The molecule has 2 heteroatoms. The molecule has 2 atom stereocenters. The lowest BCUT2D eigenvalue weighted by molar-refractivity contribution is -0.116. The molecule has 0 N–H and O–H groups in total. The zero-order chi connectivity index (χ0) is 13.6. The first-order valence-corrected chi connectivity index (χ1v) is 6.65. The molecule has 2 aliphatic rings. The summed E-state index contributed by atoms with van der Waals surface area (Å²) in [6.45, 7) is 10.4. The van der Waals surface area contributed by atoms with E-state index in [2.05, 4.69) is 26.5 Å². The highest BCUT2D eigenvalue weighted by atomic mass is 16.1. The molecule has 0 amide bonds. The molecule has 2 nitrogen and oxygen atoms in total. The molecule has 0 aromatic rings. The minimum Gasteiger partial charge on any atom is -0.295 e. The van der Waals surface area contributed by atoms with Gasteiger partial charge in [-0.1, -0.05) is 26.0 Å². The van der Waals surface area contributed by atoms with Gasteiger partial charge < -0.3 is 0 Å². The zero-order valence-electron chi connectivity index (χ0n) is 11.5. The van der Waals surface area contributed by atoms with Crippen LogP contribution in [0, 0.1) is 28.1 Å². The van der Waals surface area contributed by atoms with Crippen LogP contribution < -0.4 is 0 Å². The first kappa shape index (κ1) is 13.1. The molecule has 18 heavy (non-hydrogen) atoms. The molecule has 0 unspecified atom stereocenters. The van der Waals surface area contributed by atoms with Gasteiger partial charge in [-0.25, -0.2) is 0 Å². The van der Waals surface area contributed by atoms with Gasteiger partial charge in [0, 0.05) is 12.3 Å². The minimum absolute atomic E-state index is 0.0439. The monoisotopic (exact) mass is 243 g/mol. The molecule has 96 valence electrons. The quantitative estimate of drug-likeness (QED) is 0.657. The summed E-state index contributed by atoms with van der Waals surface area (Å²) in [6, 6.07) is 2.55. The third kappa shape index (κ3) is 1.73. The van der Waals surface area contributed by atoms with E-state index in [4.69, 9.17) is 0 Å². The predicted octanol–water partition coefficient (Wildman–Crippen LogP) is 3.80. The molecular formula is C16H21NO.